The Morgan fingerprint density at radius 2 is 2.05 bits per heavy atom. The van der Waals surface area contributed by atoms with E-state index in [0.717, 1.165) is 0 Å². The molecule has 110 valence electrons. The first kappa shape index (κ1) is 15.7. The highest BCUT2D eigenvalue weighted by molar-refractivity contribution is 5.76. The average molecular weight is 282 g/mol. The molecular formula is C12H18N4O4. The second-order valence-corrected chi connectivity index (χ2v) is 3.93. The van der Waals surface area contributed by atoms with Gasteiger partial charge in [-0.25, -0.2) is 0 Å². The Hall–Kier alpha value is -2.35. The SMILES string of the molecule is CCNc1cccc(NCCOCC(N)=O)c1[N+](=O)[O-]. The van der Waals surface area contributed by atoms with E-state index < -0.39 is 10.8 Å². The number of rotatable bonds is 9. The van der Waals surface area contributed by atoms with Crippen LogP contribution in [-0.2, 0) is 9.53 Å². The average Bonchev–Trinajstić information content (AvgIpc) is 2.38. The molecule has 0 aliphatic heterocycles. The molecule has 0 aromatic heterocycles. The van der Waals surface area contributed by atoms with Crippen LogP contribution in [0, 0.1) is 10.1 Å². The van der Waals surface area contributed by atoms with E-state index >= 15 is 0 Å². The molecule has 0 heterocycles. The van der Waals surface area contributed by atoms with E-state index in [1.54, 1.807) is 18.2 Å². The Morgan fingerprint density at radius 3 is 2.60 bits per heavy atom. The van der Waals surface area contributed by atoms with Gasteiger partial charge in [-0.2, -0.15) is 0 Å². The molecule has 0 saturated carbocycles. The highest BCUT2D eigenvalue weighted by Gasteiger charge is 2.18. The van der Waals surface area contributed by atoms with E-state index in [-0.39, 0.29) is 18.9 Å². The standard InChI is InChI=1S/C12H18N4O4/c1-2-14-9-4-3-5-10(12(9)16(18)19)15-6-7-20-8-11(13)17/h3-5,14-15H,2,6-8H2,1H3,(H2,13,17). The van der Waals surface area contributed by atoms with E-state index in [1.807, 2.05) is 6.92 Å². The molecule has 0 aliphatic carbocycles. The summed E-state index contributed by atoms with van der Waals surface area (Å²) in [6.45, 7) is 2.85. The molecule has 1 rings (SSSR count). The number of ether oxygens (including phenoxy) is 1. The zero-order valence-corrected chi connectivity index (χ0v) is 11.2. The third-order valence-corrected chi connectivity index (χ3v) is 2.39. The molecule has 1 amide bonds. The first-order chi connectivity index (χ1) is 9.56. The number of hydrogen-bond donors (Lipinski definition) is 3. The van der Waals surface area contributed by atoms with Gasteiger partial charge in [0, 0.05) is 13.1 Å². The number of hydrogen-bond acceptors (Lipinski definition) is 6. The van der Waals surface area contributed by atoms with Crippen LogP contribution in [0.4, 0.5) is 17.1 Å². The van der Waals surface area contributed by atoms with Gasteiger partial charge in [-0.1, -0.05) is 6.07 Å². The third-order valence-electron chi connectivity index (χ3n) is 2.39. The summed E-state index contributed by atoms with van der Waals surface area (Å²) in [5.74, 6) is -0.551. The second kappa shape index (κ2) is 7.95. The largest absolute Gasteiger partial charge is 0.380 e. The molecule has 0 radical (unpaired) electrons. The Morgan fingerprint density at radius 1 is 1.40 bits per heavy atom. The van der Waals surface area contributed by atoms with Crippen molar-refractivity contribution in [2.75, 3.05) is 36.9 Å². The van der Waals surface area contributed by atoms with Crippen LogP contribution in [0.1, 0.15) is 6.92 Å². The fourth-order valence-corrected chi connectivity index (χ4v) is 1.65. The Labute approximate surface area is 116 Å². The number of nitrogens with two attached hydrogens (primary N) is 1. The van der Waals surface area contributed by atoms with Crippen molar-refractivity contribution in [3.63, 3.8) is 0 Å². The predicted molar refractivity (Wildman–Crippen MR) is 75.8 cm³/mol. The van der Waals surface area contributed by atoms with Crippen LogP contribution in [0.15, 0.2) is 18.2 Å². The van der Waals surface area contributed by atoms with Gasteiger partial charge in [-0.3, -0.25) is 14.9 Å². The van der Waals surface area contributed by atoms with Gasteiger partial charge < -0.3 is 21.1 Å². The number of amides is 1. The number of carbonyl (C=O) groups excluding carboxylic acids is 1. The van der Waals surface area contributed by atoms with Crippen molar-refractivity contribution in [3.05, 3.63) is 28.3 Å². The van der Waals surface area contributed by atoms with Gasteiger partial charge in [0.2, 0.25) is 5.91 Å². The summed E-state index contributed by atoms with van der Waals surface area (Å²) < 4.78 is 4.97. The van der Waals surface area contributed by atoms with Crippen molar-refractivity contribution in [2.24, 2.45) is 5.73 Å². The fourth-order valence-electron chi connectivity index (χ4n) is 1.65. The lowest BCUT2D eigenvalue weighted by Gasteiger charge is -2.10. The van der Waals surface area contributed by atoms with Crippen LogP contribution < -0.4 is 16.4 Å². The number of nitro benzene ring substituents is 1. The van der Waals surface area contributed by atoms with E-state index in [4.69, 9.17) is 10.5 Å². The molecule has 0 fully saturated rings. The molecule has 1 aromatic rings. The molecule has 20 heavy (non-hydrogen) atoms. The van der Waals surface area contributed by atoms with Crippen molar-refractivity contribution < 1.29 is 14.5 Å². The molecule has 0 atom stereocenters. The topological polar surface area (TPSA) is 120 Å². The van der Waals surface area contributed by atoms with Crippen LogP contribution in [0.25, 0.3) is 0 Å². The van der Waals surface area contributed by atoms with Crippen LogP contribution >= 0.6 is 0 Å². The molecule has 0 spiro atoms. The minimum atomic E-state index is -0.551. The summed E-state index contributed by atoms with van der Waals surface area (Å²) in [6.07, 6.45) is 0. The van der Waals surface area contributed by atoms with Crippen molar-refractivity contribution in [3.8, 4) is 0 Å². The summed E-state index contributed by atoms with van der Waals surface area (Å²) in [5, 5.41) is 17.0. The number of nitrogens with zero attached hydrogens (tertiary/aromatic N) is 1. The minimum absolute atomic E-state index is 0.00995. The Kier molecular flexibility index (Phi) is 6.24. The summed E-state index contributed by atoms with van der Waals surface area (Å²) in [6, 6.07) is 4.99. The molecule has 0 unspecified atom stereocenters. The van der Waals surface area contributed by atoms with Crippen LogP contribution in [-0.4, -0.2) is 37.1 Å². The summed E-state index contributed by atoms with van der Waals surface area (Å²) in [4.78, 5) is 21.2. The lowest BCUT2D eigenvalue weighted by molar-refractivity contribution is -0.383. The molecule has 0 saturated heterocycles. The van der Waals surface area contributed by atoms with E-state index in [1.165, 1.54) is 0 Å². The normalized spacial score (nSPS) is 10.1. The maximum Gasteiger partial charge on any atom is 0.315 e. The molecule has 0 bridgehead atoms. The molecule has 0 aliphatic rings. The summed E-state index contributed by atoms with van der Waals surface area (Å²) in [7, 11) is 0. The quantitative estimate of drug-likeness (QED) is 0.352. The number of anilines is 2. The van der Waals surface area contributed by atoms with E-state index in [2.05, 4.69) is 10.6 Å². The third kappa shape index (κ3) is 4.73. The number of primary amides is 1. The van der Waals surface area contributed by atoms with Crippen molar-refractivity contribution >= 4 is 23.0 Å². The summed E-state index contributed by atoms with van der Waals surface area (Å²) >= 11 is 0. The molecular weight excluding hydrogens is 264 g/mol. The van der Waals surface area contributed by atoms with Gasteiger partial charge in [0.05, 0.1) is 11.5 Å². The zero-order chi connectivity index (χ0) is 15.0. The van der Waals surface area contributed by atoms with Crippen molar-refractivity contribution in [1.82, 2.24) is 0 Å². The van der Waals surface area contributed by atoms with E-state index in [0.29, 0.717) is 24.5 Å². The highest BCUT2D eigenvalue weighted by atomic mass is 16.6. The Balaban J connectivity index is 2.66. The number of nitro groups is 1. The van der Waals surface area contributed by atoms with Crippen LogP contribution in [0.3, 0.4) is 0 Å². The lowest BCUT2D eigenvalue weighted by Crippen LogP contribution is -2.20. The van der Waals surface area contributed by atoms with E-state index in [9.17, 15) is 14.9 Å². The Bertz CT molecular complexity index is 479. The minimum Gasteiger partial charge on any atom is -0.380 e. The maximum absolute atomic E-state index is 11.1. The lowest BCUT2D eigenvalue weighted by atomic mass is 10.2. The summed E-state index contributed by atoms with van der Waals surface area (Å²) in [5.41, 5.74) is 5.77. The van der Waals surface area contributed by atoms with Gasteiger partial charge in [0.15, 0.2) is 0 Å². The smallest absolute Gasteiger partial charge is 0.315 e. The number of benzene rings is 1. The van der Waals surface area contributed by atoms with Crippen molar-refractivity contribution in [1.29, 1.82) is 0 Å². The fraction of sp³-hybridized carbons (Fsp3) is 0.417. The van der Waals surface area contributed by atoms with Crippen LogP contribution in [0.5, 0.6) is 0 Å². The van der Waals surface area contributed by atoms with Gasteiger partial charge in [0.1, 0.15) is 18.0 Å². The number of carbonyl (C=O) groups is 1. The van der Waals surface area contributed by atoms with Gasteiger partial charge >= 0.3 is 5.69 Å². The maximum atomic E-state index is 11.1. The van der Waals surface area contributed by atoms with Crippen LogP contribution in [0.2, 0.25) is 0 Å². The second-order valence-electron chi connectivity index (χ2n) is 3.93. The molecule has 8 heteroatoms. The monoisotopic (exact) mass is 282 g/mol. The van der Waals surface area contributed by atoms with Gasteiger partial charge in [0.25, 0.3) is 0 Å². The molecule has 8 nitrogen and oxygen atoms in total. The van der Waals surface area contributed by atoms with Gasteiger partial charge in [-0.15, -0.1) is 0 Å². The molecule has 4 N–H and O–H groups in total. The van der Waals surface area contributed by atoms with Gasteiger partial charge in [-0.05, 0) is 19.1 Å². The molecule has 1 aromatic carbocycles. The number of para-hydroxylation sites is 1. The zero-order valence-electron chi connectivity index (χ0n) is 11.2. The first-order valence-corrected chi connectivity index (χ1v) is 6.17. The number of nitrogens with one attached hydrogen (secondary N) is 2. The highest BCUT2D eigenvalue weighted by Crippen LogP contribution is 2.32. The predicted octanol–water partition coefficient (Wildman–Crippen LogP) is 0.940. The first-order valence-electron chi connectivity index (χ1n) is 6.17. The van der Waals surface area contributed by atoms with Crippen molar-refractivity contribution in [2.45, 2.75) is 6.92 Å².